The summed E-state index contributed by atoms with van der Waals surface area (Å²) in [5.41, 5.74) is 0.761. The Labute approximate surface area is 165 Å². The van der Waals surface area contributed by atoms with Crippen molar-refractivity contribution in [1.82, 2.24) is 0 Å². The van der Waals surface area contributed by atoms with Crippen LogP contribution in [-0.2, 0) is 0 Å². The van der Waals surface area contributed by atoms with E-state index in [0.29, 0.717) is 9.90 Å². The zero-order valence-corrected chi connectivity index (χ0v) is 15.8. The molecule has 2 nitrogen and oxygen atoms in total. The fraction of sp³-hybridized carbons (Fsp3) is 0. The van der Waals surface area contributed by atoms with Gasteiger partial charge in [0.05, 0.1) is 5.02 Å². The molecule has 1 heterocycles. The molecule has 5 aromatic rings. The van der Waals surface area contributed by atoms with E-state index in [-0.39, 0.29) is 5.91 Å². The number of amides is 1. The van der Waals surface area contributed by atoms with Crippen LogP contribution in [0.2, 0.25) is 5.02 Å². The van der Waals surface area contributed by atoms with Gasteiger partial charge in [-0.25, -0.2) is 0 Å². The van der Waals surface area contributed by atoms with E-state index in [1.165, 1.54) is 22.1 Å². The van der Waals surface area contributed by atoms with Gasteiger partial charge in [-0.1, -0.05) is 72.3 Å². The highest BCUT2D eigenvalue weighted by atomic mass is 35.5. The Morgan fingerprint density at radius 1 is 0.778 bits per heavy atom. The molecule has 0 atom stereocenters. The zero-order chi connectivity index (χ0) is 18.4. The minimum atomic E-state index is -0.180. The number of halogens is 1. The van der Waals surface area contributed by atoms with Gasteiger partial charge in [0.15, 0.2) is 0 Å². The molecular weight excluding hydrogens is 374 g/mol. The Morgan fingerprint density at radius 3 is 2.26 bits per heavy atom. The number of carbonyl (C=O) groups excluding carboxylic acids is 1. The average Bonchev–Trinajstić information content (AvgIpc) is 3.05. The number of thiophene rings is 1. The van der Waals surface area contributed by atoms with Crippen molar-refractivity contribution in [2.45, 2.75) is 0 Å². The molecule has 0 saturated heterocycles. The maximum absolute atomic E-state index is 12.8. The topological polar surface area (TPSA) is 29.1 Å². The van der Waals surface area contributed by atoms with Crippen LogP contribution in [0.3, 0.4) is 0 Å². The van der Waals surface area contributed by atoms with Crippen molar-refractivity contribution in [2.24, 2.45) is 0 Å². The SMILES string of the molecule is O=C(Nc1ccc2ccc3ccccc3c2c1)c1sc2ccccc2c1Cl. The Morgan fingerprint density at radius 2 is 1.44 bits per heavy atom. The summed E-state index contributed by atoms with van der Waals surface area (Å²) in [5, 5.41) is 9.05. The van der Waals surface area contributed by atoms with Crippen molar-refractivity contribution in [3.8, 4) is 0 Å². The fourth-order valence-electron chi connectivity index (χ4n) is 3.43. The average molecular weight is 388 g/mol. The van der Waals surface area contributed by atoms with Crippen molar-refractivity contribution in [2.75, 3.05) is 5.32 Å². The summed E-state index contributed by atoms with van der Waals surface area (Å²) in [7, 11) is 0. The van der Waals surface area contributed by atoms with E-state index in [0.717, 1.165) is 26.5 Å². The zero-order valence-electron chi connectivity index (χ0n) is 14.2. The number of hydrogen-bond acceptors (Lipinski definition) is 2. The summed E-state index contributed by atoms with van der Waals surface area (Å²) in [6.07, 6.45) is 0. The number of rotatable bonds is 2. The first-order chi connectivity index (χ1) is 13.2. The van der Waals surface area contributed by atoms with E-state index in [9.17, 15) is 4.79 Å². The summed E-state index contributed by atoms with van der Waals surface area (Å²) in [6, 6.07) is 26.3. The third-order valence-corrected chi connectivity index (χ3v) is 6.42. The summed E-state index contributed by atoms with van der Waals surface area (Å²) in [6.45, 7) is 0. The minimum Gasteiger partial charge on any atom is -0.321 e. The molecule has 130 valence electrons. The second kappa shape index (κ2) is 6.38. The predicted octanol–water partition coefficient (Wildman–Crippen LogP) is 7.11. The largest absolute Gasteiger partial charge is 0.321 e. The van der Waals surface area contributed by atoms with Gasteiger partial charge < -0.3 is 5.32 Å². The van der Waals surface area contributed by atoms with Crippen LogP contribution in [0.5, 0.6) is 0 Å². The molecular formula is C23H14ClNOS. The van der Waals surface area contributed by atoms with E-state index >= 15 is 0 Å². The van der Waals surface area contributed by atoms with Gasteiger partial charge in [0.25, 0.3) is 5.91 Å². The van der Waals surface area contributed by atoms with Gasteiger partial charge in [-0.15, -0.1) is 11.3 Å². The Bertz CT molecular complexity index is 1340. The van der Waals surface area contributed by atoms with Crippen LogP contribution < -0.4 is 5.32 Å². The normalized spacial score (nSPS) is 11.3. The number of anilines is 1. The monoisotopic (exact) mass is 387 g/mol. The molecule has 0 aliphatic carbocycles. The van der Waals surface area contributed by atoms with Crippen molar-refractivity contribution in [3.63, 3.8) is 0 Å². The van der Waals surface area contributed by atoms with Crippen LogP contribution in [0.25, 0.3) is 31.6 Å². The van der Waals surface area contributed by atoms with Crippen LogP contribution >= 0.6 is 22.9 Å². The fourth-order valence-corrected chi connectivity index (χ4v) is 4.84. The Hall–Kier alpha value is -2.88. The van der Waals surface area contributed by atoms with Crippen LogP contribution in [0.15, 0.2) is 78.9 Å². The lowest BCUT2D eigenvalue weighted by Gasteiger charge is -2.08. The molecule has 4 heteroatoms. The lowest BCUT2D eigenvalue weighted by Crippen LogP contribution is -2.10. The minimum absolute atomic E-state index is 0.180. The second-order valence-electron chi connectivity index (χ2n) is 6.42. The molecule has 0 unspecified atom stereocenters. The molecule has 0 aliphatic heterocycles. The van der Waals surface area contributed by atoms with E-state index in [1.54, 1.807) is 0 Å². The molecule has 0 saturated carbocycles. The molecule has 5 rings (SSSR count). The first-order valence-electron chi connectivity index (χ1n) is 8.60. The van der Waals surface area contributed by atoms with Gasteiger partial charge in [-0.2, -0.15) is 0 Å². The van der Waals surface area contributed by atoms with Crippen molar-refractivity contribution in [3.05, 3.63) is 88.8 Å². The molecule has 0 radical (unpaired) electrons. The van der Waals surface area contributed by atoms with E-state index in [1.807, 2.05) is 54.6 Å². The van der Waals surface area contributed by atoms with Crippen LogP contribution in [0.1, 0.15) is 9.67 Å². The highest BCUT2D eigenvalue weighted by Crippen LogP contribution is 2.36. The smallest absolute Gasteiger partial charge is 0.267 e. The van der Waals surface area contributed by atoms with Crippen molar-refractivity contribution < 1.29 is 4.79 Å². The van der Waals surface area contributed by atoms with Crippen LogP contribution in [-0.4, -0.2) is 5.91 Å². The van der Waals surface area contributed by atoms with Gasteiger partial charge in [-0.3, -0.25) is 4.79 Å². The third-order valence-electron chi connectivity index (χ3n) is 4.75. The lowest BCUT2D eigenvalue weighted by atomic mass is 10.0. The van der Waals surface area contributed by atoms with Crippen LogP contribution in [0.4, 0.5) is 5.69 Å². The highest BCUT2D eigenvalue weighted by Gasteiger charge is 2.17. The maximum atomic E-state index is 12.8. The highest BCUT2D eigenvalue weighted by molar-refractivity contribution is 7.21. The molecule has 0 spiro atoms. The molecule has 0 bridgehead atoms. The molecule has 4 aromatic carbocycles. The van der Waals surface area contributed by atoms with E-state index < -0.39 is 0 Å². The molecule has 1 aromatic heterocycles. The number of carbonyl (C=O) groups is 1. The number of fused-ring (bicyclic) bond motifs is 4. The lowest BCUT2D eigenvalue weighted by molar-refractivity contribution is 0.103. The van der Waals surface area contributed by atoms with Gasteiger partial charge >= 0.3 is 0 Å². The van der Waals surface area contributed by atoms with Gasteiger partial charge in [-0.05, 0) is 39.7 Å². The standard InChI is InChI=1S/C23H14ClNOS/c24-21-18-7-3-4-8-20(18)27-22(21)23(26)25-16-12-11-15-10-9-14-5-1-2-6-17(14)19(15)13-16/h1-13H,(H,25,26). The first kappa shape index (κ1) is 16.3. The maximum Gasteiger partial charge on any atom is 0.267 e. The number of nitrogens with one attached hydrogen (secondary N) is 1. The number of benzene rings is 4. The molecule has 1 amide bonds. The van der Waals surface area contributed by atoms with E-state index in [2.05, 4.69) is 29.6 Å². The third kappa shape index (κ3) is 2.76. The van der Waals surface area contributed by atoms with Crippen molar-refractivity contribution in [1.29, 1.82) is 0 Å². The Balaban J connectivity index is 1.56. The van der Waals surface area contributed by atoms with Gasteiger partial charge in [0.2, 0.25) is 0 Å². The second-order valence-corrected chi connectivity index (χ2v) is 7.85. The molecule has 0 aliphatic rings. The summed E-state index contributed by atoms with van der Waals surface area (Å²) in [5.74, 6) is -0.180. The summed E-state index contributed by atoms with van der Waals surface area (Å²) >= 11 is 7.85. The molecule has 1 N–H and O–H groups in total. The number of hydrogen-bond donors (Lipinski definition) is 1. The Kier molecular flexibility index (Phi) is 3.85. The first-order valence-corrected chi connectivity index (χ1v) is 9.80. The van der Waals surface area contributed by atoms with E-state index in [4.69, 9.17) is 11.6 Å². The quantitative estimate of drug-likeness (QED) is 0.321. The molecule has 27 heavy (non-hydrogen) atoms. The molecule has 0 fully saturated rings. The van der Waals surface area contributed by atoms with Crippen LogP contribution in [0, 0.1) is 0 Å². The predicted molar refractivity (Wildman–Crippen MR) is 116 cm³/mol. The summed E-state index contributed by atoms with van der Waals surface area (Å²) in [4.78, 5) is 13.4. The van der Waals surface area contributed by atoms with Gasteiger partial charge in [0, 0.05) is 15.8 Å². The van der Waals surface area contributed by atoms with Crippen molar-refractivity contribution >= 4 is 66.2 Å². The van der Waals surface area contributed by atoms with Gasteiger partial charge in [0.1, 0.15) is 4.88 Å². The summed E-state index contributed by atoms with van der Waals surface area (Å²) < 4.78 is 1.01.